The normalized spacial score (nSPS) is 14.2. The van der Waals surface area contributed by atoms with Crippen LogP contribution in [0.3, 0.4) is 0 Å². The molecule has 0 saturated heterocycles. The summed E-state index contributed by atoms with van der Waals surface area (Å²) >= 11 is 3.46. The minimum absolute atomic E-state index is 0.175. The first-order valence-electron chi connectivity index (χ1n) is 9.43. The number of aromatic nitrogens is 2. The average Bonchev–Trinajstić information content (AvgIpc) is 3.03. The first-order chi connectivity index (χ1) is 14.5. The zero-order valence-electron chi connectivity index (χ0n) is 16.0. The van der Waals surface area contributed by atoms with E-state index in [1.165, 1.54) is 0 Å². The van der Waals surface area contributed by atoms with Gasteiger partial charge in [-0.3, -0.25) is 14.2 Å². The van der Waals surface area contributed by atoms with E-state index >= 15 is 0 Å². The minimum atomic E-state index is -0.221. The predicted octanol–water partition coefficient (Wildman–Crippen LogP) is 4.95. The van der Waals surface area contributed by atoms with E-state index in [9.17, 15) is 9.59 Å². The molecule has 30 heavy (non-hydrogen) atoms. The fourth-order valence-corrected chi connectivity index (χ4v) is 4.06. The number of hydrogen-bond acceptors (Lipinski definition) is 3. The van der Waals surface area contributed by atoms with Gasteiger partial charge in [-0.2, -0.15) is 0 Å². The Morgan fingerprint density at radius 1 is 1.00 bits per heavy atom. The Labute approximate surface area is 180 Å². The SMILES string of the molecule is Cc1cccc(-n2c(/C=C3\C(=O)Nc4ccc(Br)cc43)nc3ccccc3c2=O)c1. The van der Waals surface area contributed by atoms with E-state index in [1.54, 1.807) is 22.8 Å². The second kappa shape index (κ2) is 7.07. The molecule has 4 aromatic rings. The van der Waals surface area contributed by atoms with E-state index in [0.29, 0.717) is 28.0 Å². The summed E-state index contributed by atoms with van der Waals surface area (Å²) in [6, 6.07) is 20.5. The van der Waals surface area contributed by atoms with E-state index in [4.69, 9.17) is 4.98 Å². The van der Waals surface area contributed by atoms with Crippen LogP contribution in [0.4, 0.5) is 5.69 Å². The number of halogens is 1. The lowest BCUT2D eigenvalue weighted by Crippen LogP contribution is -2.22. The number of amides is 1. The molecular weight excluding hydrogens is 442 g/mol. The second-order valence-electron chi connectivity index (χ2n) is 7.17. The van der Waals surface area contributed by atoms with E-state index in [-0.39, 0.29) is 11.5 Å². The number of hydrogen-bond donors (Lipinski definition) is 1. The summed E-state index contributed by atoms with van der Waals surface area (Å²) in [7, 11) is 0. The van der Waals surface area contributed by atoms with Crippen LogP contribution in [0.5, 0.6) is 0 Å². The van der Waals surface area contributed by atoms with Crippen LogP contribution in [-0.2, 0) is 4.79 Å². The van der Waals surface area contributed by atoms with Crippen LogP contribution in [0.25, 0.3) is 28.2 Å². The lowest BCUT2D eigenvalue weighted by Gasteiger charge is -2.12. The molecule has 146 valence electrons. The molecule has 1 aliphatic heterocycles. The summed E-state index contributed by atoms with van der Waals surface area (Å²) < 4.78 is 2.43. The lowest BCUT2D eigenvalue weighted by atomic mass is 10.1. The molecule has 1 N–H and O–H groups in total. The molecule has 0 fully saturated rings. The number of benzene rings is 3. The molecule has 3 aromatic carbocycles. The van der Waals surface area contributed by atoms with Crippen molar-refractivity contribution < 1.29 is 4.79 Å². The molecular formula is C24H16BrN3O2. The number of para-hydroxylation sites is 1. The molecule has 2 heterocycles. The van der Waals surface area contributed by atoms with Gasteiger partial charge in [0.15, 0.2) is 0 Å². The van der Waals surface area contributed by atoms with Crippen molar-refractivity contribution in [3.63, 3.8) is 0 Å². The standard InChI is InChI=1S/C24H16BrN3O2/c1-14-5-4-6-16(11-14)28-22(26-20-8-3-2-7-17(20)24(28)30)13-19-18-12-15(25)9-10-21(18)27-23(19)29/h2-13H,1H3,(H,27,29)/b19-13-. The third-order valence-corrected chi connectivity index (χ3v) is 5.59. The summed E-state index contributed by atoms with van der Waals surface area (Å²) in [5, 5.41) is 3.40. The highest BCUT2D eigenvalue weighted by atomic mass is 79.9. The summed E-state index contributed by atoms with van der Waals surface area (Å²) in [5.41, 5.74) is 4.12. The van der Waals surface area contributed by atoms with Crippen molar-refractivity contribution in [3.8, 4) is 5.69 Å². The highest BCUT2D eigenvalue weighted by Gasteiger charge is 2.25. The zero-order chi connectivity index (χ0) is 20.8. The van der Waals surface area contributed by atoms with Crippen LogP contribution in [0.15, 0.2) is 76.0 Å². The largest absolute Gasteiger partial charge is 0.321 e. The fraction of sp³-hybridized carbons (Fsp3) is 0.0417. The molecule has 1 amide bonds. The number of carbonyl (C=O) groups is 1. The van der Waals surface area contributed by atoms with E-state index < -0.39 is 0 Å². The maximum atomic E-state index is 13.4. The smallest absolute Gasteiger partial charge is 0.266 e. The first-order valence-corrected chi connectivity index (χ1v) is 10.2. The van der Waals surface area contributed by atoms with Gasteiger partial charge in [0.25, 0.3) is 11.5 Å². The number of carbonyl (C=O) groups excluding carboxylic acids is 1. The molecule has 5 rings (SSSR count). The van der Waals surface area contributed by atoms with Crippen LogP contribution in [0, 0.1) is 6.92 Å². The third kappa shape index (κ3) is 3.06. The summed E-state index contributed by atoms with van der Waals surface area (Å²) in [4.78, 5) is 30.8. The van der Waals surface area contributed by atoms with E-state index in [1.807, 2.05) is 61.5 Å². The molecule has 0 radical (unpaired) electrons. The van der Waals surface area contributed by atoms with Gasteiger partial charge in [-0.25, -0.2) is 4.98 Å². The van der Waals surface area contributed by atoms with E-state index in [0.717, 1.165) is 21.3 Å². The van der Waals surface area contributed by atoms with Crippen molar-refractivity contribution in [3.05, 3.63) is 98.5 Å². The van der Waals surface area contributed by atoms with Crippen molar-refractivity contribution in [2.45, 2.75) is 6.92 Å². The highest BCUT2D eigenvalue weighted by Crippen LogP contribution is 2.35. The molecule has 1 aliphatic rings. The van der Waals surface area contributed by atoms with Crippen LogP contribution < -0.4 is 10.9 Å². The lowest BCUT2D eigenvalue weighted by molar-refractivity contribution is -0.110. The predicted molar refractivity (Wildman–Crippen MR) is 123 cm³/mol. The number of aryl methyl sites for hydroxylation is 1. The minimum Gasteiger partial charge on any atom is -0.321 e. The first kappa shape index (κ1) is 18.5. The van der Waals surface area contributed by atoms with Gasteiger partial charge in [0.2, 0.25) is 0 Å². The third-order valence-electron chi connectivity index (χ3n) is 5.10. The van der Waals surface area contributed by atoms with Gasteiger partial charge in [0, 0.05) is 15.7 Å². The van der Waals surface area contributed by atoms with Crippen LogP contribution in [0.2, 0.25) is 0 Å². The summed E-state index contributed by atoms with van der Waals surface area (Å²) in [6.07, 6.45) is 1.68. The Kier molecular flexibility index (Phi) is 4.37. The number of anilines is 1. The van der Waals surface area contributed by atoms with Gasteiger partial charge in [-0.1, -0.05) is 40.2 Å². The maximum absolute atomic E-state index is 13.4. The Morgan fingerprint density at radius 3 is 2.67 bits per heavy atom. The molecule has 0 aliphatic carbocycles. The fourth-order valence-electron chi connectivity index (χ4n) is 3.70. The Morgan fingerprint density at radius 2 is 1.83 bits per heavy atom. The summed E-state index contributed by atoms with van der Waals surface area (Å²) in [6.45, 7) is 1.97. The Balaban J connectivity index is 1.83. The summed E-state index contributed by atoms with van der Waals surface area (Å²) in [5.74, 6) is 0.184. The molecule has 6 heteroatoms. The highest BCUT2D eigenvalue weighted by molar-refractivity contribution is 9.10. The molecule has 5 nitrogen and oxygen atoms in total. The second-order valence-corrected chi connectivity index (χ2v) is 8.08. The van der Waals surface area contributed by atoms with Crippen molar-refractivity contribution in [2.75, 3.05) is 5.32 Å². The van der Waals surface area contributed by atoms with E-state index in [2.05, 4.69) is 21.2 Å². The monoisotopic (exact) mass is 457 g/mol. The van der Waals surface area contributed by atoms with Crippen LogP contribution in [0.1, 0.15) is 17.0 Å². The topological polar surface area (TPSA) is 64.0 Å². The molecule has 0 spiro atoms. The van der Waals surface area contributed by atoms with Gasteiger partial charge in [-0.05, 0) is 61.0 Å². The molecule has 1 aromatic heterocycles. The van der Waals surface area contributed by atoms with Crippen molar-refractivity contribution in [1.82, 2.24) is 9.55 Å². The van der Waals surface area contributed by atoms with Gasteiger partial charge in [0.1, 0.15) is 5.82 Å². The molecule has 0 unspecified atom stereocenters. The Bertz CT molecular complexity index is 1440. The van der Waals surface area contributed by atoms with Crippen molar-refractivity contribution in [1.29, 1.82) is 0 Å². The van der Waals surface area contributed by atoms with Crippen LogP contribution in [-0.4, -0.2) is 15.5 Å². The molecule has 0 atom stereocenters. The van der Waals surface area contributed by atoms with Gasteiger partial charge >= 0.3 is 0 Å². The van der Waals surface area contributed by atoms with Crippen molar-refractivity contribution >= 4 is 50.1 Å². The van der Waals surface area contributed by atoms with Gasteiger partial charge in [0.05, 0.1) is 22.2 Å². The number of rotatable bonds is 2. The molecule has 0 bridgehead atoms. The maximum Gasteiger partial charge on any atom is 0.266 e. The van der Waals surface area contributed by atoms with Crippen LogP contribution >= 0.6 is 15.9 Å². The van der Waals surface area contributed by atoms with Crippen molar-refractivity contribution in [2.24, 2.45) is 0 Å². The Hall–Kier alpha value is -3.51. The van der Waals surface area contributed by atoms with Gasteiger partial charge < -0.3 is 5.32 Å². The number of nitrogens with zero attached hydrogens (tertiary/aromatic N) is 2. The zero-order valence-corrected chi connectivity index (χ0v) is 17.6. The molecule has 0 saturated carbocycles. The quantitative estimate of drug-likeness (QED) is 0.433. The number of fused-ring (bicyclic) bond motifs is 2. The average molecular weight is 458 g/mol. The number of nitrogens with one attached hydrogen (secondary N) is 1. The van der Waals surface area contributed by atoms with Gasteiger partial charge in [-0.15, -0.1) is 0 Å².